The van der Waals surface area contributed by atoms with Crippen LogP contribution in [0.15, 0.2) is 21.2 Å². The Bertz CT molecular complexity index is 366. The van der Waals surface area contributed by atoms with E-state index in [-0.39, 0.29) is 0 Å². The van der Waals surface area contributed by atoms with Crippen LogP contribution in [0, 0.1) is 0 Å². The summed E-state index contributed by atoms with van der Waals surface area (Å²) in [7, 11) is 1.64. The molecule has 1 rings (SSSR count). The van der Waals surface area contributed by atoms with Gasteiger partial charge in [-0.25, -0.2) is 4.98 Å². The van der Waals surface area contributed by atoms with Gasteiger partial charge in [-0.15, -0.1) is 0 Å². The van der Waals surface area contributed by atoms with E-state index in [4.69, 9.17) is 18.9 Å². The highest BCUT2D eigenvalue weighted by Crippen LogP contribution is 2.25. The Morgan fingerprint density at radius 2 is 1.63 bits per heavy atom. The van der Waals surface area contributed by atoms with Crippen molar-refractivity contribution in [3.05, 3.63) is 21.2 Å². The van der Waals surface area contributed by atoms with E-state index in [9.17, 15) is 0 Å². The Hall–Kier alpha value is -0.210. The van der Waals surface area contributed by atoms with Gasteiger partial charge >= 0.3 is 0 Å². The first kappa shape index (κ1) is 16.8. The number of rotatable bonds is 10. The van der Waals surface area contributed by atoms with Crippen molar-refractivity contribution in [3.8, 4) is 5.88 Å². The molecule has 1 aromatic rings. The molecule has 0 saturated heterocycles. The summed E-state index contributed by atoms with van der Waals surface area (Å²) in [6.45, 7) is 3.24. The van der Waals surface area contributed by atoms with E-state index in [1.807, 2.05) is 6.07 Å². The highest BCUT2D eigenvalue weighted by Gasteiger charge is 2.03. The van der Waals surface area contributed by atoms with Gasteiger partial charge in [-0.3, -0.25) is 0 Å². The summed E-state index contributed by atoms with van der Waals surface area (Å²) in [6.07, 6.45) is 1.69. The standard InChI is InChI=1S/C12H17Br2NO4/c1-16-2-3-17-4-5-18-6-7-19-12-11(14)8-10(13)9-15-12/h8-9H,2-7H2,1H3. The van der Waals surface area contributed by atoms with Crippen molar-refractivity contribution in [2.45, 2.75) is 0 Å². The van der Waals surface area contributed by atoms with Crippen LogP contribution < -0.4 is 4.74 Å². The van der Waals surface area contributed by atoms with Crippen LogP contribution in [0.3, 0.4) is 0 Å². The second-order valence-electron chi connectivity index (χ2n) is 3.51. The zero-order valence-corrected chi connectivity index (χ0v) is 13.9. The molecule has 19 heavy (non-hydrogen) atoms. The fraction of sp³-hybridized carbons (Fsp3) is 0.583. The van der Waals surface area contributed by atoms with Crippen LogP contribution in [0.25, 0.3) is 0 Å². The van der Waals surface area contributed by atoms with Gasteiger partial charge in [0.05, 0.1) is 37.5 Å². The molecule has 0 aliphatic rings. The summed E-state index contributed by atoms with van der Waals surface area (Å²) in [5.74, 6) is 0.558. The van der Waals surface area contributed by atoms with E-state index in [0.29, 0.717) is 45.5 Å². The zero-order valence-electron chi connectivity index (χ0n) is 10.7. The molecule has 0 atom stereocenters. The number of aromatic nitrogens is 1. The van der Waals surface area contributed by atoms with Crippen molar-refractivity contribution in [3.63, 3.8) is 0 Å². The van der Waals surface area contributed by atoms with Crippen LogP contribution in [0.2, 0.25) is 0 Å². The summed E-state index contributed by atoms with van der Waals surface area (Å²) in [5.41, 5.74) is 0. The molecule has 1 aromatic heterocycles. The summed E-state index contributed by atoms with van der Waals surface area (Å²) in [4.78, 5) is 4.14. The normalized spacial score (nSPS) is 10.7. The Morgan fingerprint density at radius 3 is 2.26 bits per heavy atom. The predicted octanol–water partition coefficient (Wildman–Crippen LogP) is 2.67. The van der Waals surface area contributed by atoms with Crippen LogP contribution in [0.4, 0.5) is 0 Å². The number of halogens is 2. The molecule has 0 aliphatic carbocycles. The molecule has 1 heterocycles. The lowest BCUT2D eigenvalue weighted by atomic mass is 10.5. The lowest BCUT2D eigenvalue weighted by molar-refractivity contribution is 0.0176. The third kappa shape index (κ3) is 7.84. The molecule has 0 spiro atoms. The van der Waals surface area contributed by atoms with Gasteiger partial charge in [0.15, 0.2) is 0 Å². The number of methoxy groups -OCH3 is 1. The maximum absolute atomic E-state index is 5.47. The fourth-order valence-electron chi connectivity index (χ4n) is 1.17. The number of pyridine rings is 1. The van der Waals surface area contributed by atoms with E-state index in [1.165, 1.54) is 0 Å². The minimum absolute atomic E-state index is 0.450. The molecule has 0 saturated carbocycles. The van der Waals surface area contributed by atoms with Crippen LogP contribution in [0.1, 0.15) is 0 Å². The molecule has 0 fully saturated rings. The smallest absolute Gasteiger partial charge is 0.228 e. The lowest BCUT2D eigenvalue weighted by Gasteiger charge is -2.08. The highest BCUT2D eigenvalue weighted by atomic mass is 79.9. The number of nitrogens with zero attached hydrogens (tertiary/aromatic N) is 1. The third-order valence-corrected chi connectivity index (χ3v) is 3.05. The van der Waals surface area contributed by atoms with E-state index >= 15 is 0 Å². The maximum Gasteiger partial charge on any atom is 0.228 e. The van der Waals surface area contributed by atoms with Gasteiger partial charge in [-0.2, -0.15) is 0 Å². The first-order valence-corrected chi connectivity index (χ1v) is 7.41. The van der Waals surface area contributed by atoms with Gasteiger partial charge in [0.25, 0.3) is 0 Å². The second-order valence-corrected chi connectivity index (χ2v) is 5.28. The molecule has 0 bridgehead atoms. The lowest BCUT2D eigenvalue weighted by Crippen LogP contribution is -2.12. The van der Waals surface area contributed by atoms with Crippen molar-refractivity contribution < 1.29 is 18.9 Å². The summed E-state index contributed by atoms with van der Waals surface area (Å²) >= 11 is 6.70. The van der Waals surface area contributed by atoms with Gasteiger partial charge in [0.1, 0.15) is 6.61 Å². The molecule has 0 unspecified atom stereocenters. The molecule has 0 aromatic carbocycles. The van der Waals surface area contributed by atoms with Gasteiger partial charge < -0.3 is 18.9 Å². The van der Waals surface area contributed by atoms with Gasteiger partial charge in [-0.05, 0) is 37.9 Å². The van der Waals surface area contributed by atoms with E-state index < -0.39 is 0 Å². The fourth-order valence-corrected chi connectivity index (χ4v) is 2.27. The quantitative estimate of drug-likeness (QED) is 0.567. The topological polar surface area (TPSA) is 49.8 Å². The molecular formula is C12H17Br2NO4. The van der Waals surface area contributed by atoms with Crippen LogP contribution >= 0.6 is 31.9 Å². The second kappa shape index (κ2) is 10.6. The Labute approximate surface area is 129 Å². The number of ether oxygens (including phenoxy) is 4. The molecule has 5 nitrogen and oxygen atoms in total. The highest BCUT2D eigenvalue weighted by molar-refractivity contribution is 9.11. The van der Waals surface area contributed by atoms with E-state index in [2.05, 4.69) is 36.8 Å². The monoisotopic (exact) mass is 397 g/mol. The zero-order chi connectivity index (χ0) is 13.9. The van der Waals surface area contributed by atoms with E-state index in [0.717, 1.165) is 8.95 Å². The average Bonchev–Trinajstić information content (AvgIpc) is 2.39. The van der Waals surface area contributed by atoms with Crippen LogP contribution in [-0.4, -0.2) is 51.7 Å². The van der Waals surface area contributed by atoms with Crippen molar-refractivity contribution in [2.24, 2.45) is 0 Å². The number of hydrogen-bond donors (Lipinski definition) is 0. The predicted molar refractivity (Wildman–Crippen MR) is 78.6 cm³/mol. The molecule has 7 heteroatoms. The van der Waals surface area contributed by atoms with Gasteiger partial charge in [0.2, 0.25) is 5.88 Å². The average molecular weight is 399 g/mol. The Kier molecular flexibility index (Phi) is 9.36. The largest absolute Gasteiger partial charge is 0.474 e. The molecule has 108 valence electrons. The van der Waals surface area contributed by atoms with Crippen molar-refractivity contribution in [2.75, 3.05) is 46.8 Å². The molecule has 0 aliphatic heterocycles. The number of hydrogen-bond acceptors (Lipinski definition) is 5. The van der Waals surface area contributed by atoms with E-state index in [1.54, 1.807) is 13.3 Å². The third-order valence-electron chi connectivity index (χ3n) is 2.04. The first-order valence-electron chi connectivity index (χ1n) is 5.82. The molecule has 0 amide bonds. The molecule has 0 radical (unpaired) electrons. The van der Waals surface area contributed by atoms with Crippen molar-refractivity contribution in [1.29, 1.82) is 0 Å². The minimum Gasteiger partial charge on any atom is -0.474 e. The van der Waals surface area contributed by atoms with Gasteiger partial charge in [0, 0.05) is 17.8 Å². The van der Waals surface area contributed by atoms with Crippen LogP contribution in [0.5, 0.6) is 5.88 Å². The van der Waals surface area contributed by atoms with Crippen molar-refractivity contribution in [1.82, 2.24) is 4.98 Å². The summed E-state index contributed by atoms with van der Waals surface area (Å²) in [6, 6.07) is 1.88. The van der Waals surface area contributed by atoms with Crippen molar-refractivity contribution >= 4 is 31.9 Å². The Balaban J connectivity index is 2.01. The molecule has 0 N–H and O–H groups in total. The summed E-state index contributed by atoms with van der Waals surface area (Å²) < 4.78 is 22.6. The molecular weight excluding hydrogens is 382 g/mol. The minimum atomic E-state index is 0.450. The maximum atomic E-state index is 5.47. The first-order chi connectivity index (χ1) is 9.24. The SMILES string of the molecule is COCCOCCOCCOc1ncc(Br)cc1Br. The van der Waals surface area contributed by atoms with Gasteiger partial charge in [-0.1, -0.05) is 0 Å². The Morgan fingerprint density at radius 1 is 1.00 bits per heavy atom. The van der Waals surface area contributed by atoms with Crippen LogP contribution in [-0.2, 0) is 14.2 Å². The summed E-state index contributed by atoms with van der Waals surface area (Å²) in [5, 5.41) is 0.